The van der Waals surface area contributed by atoms with Gasteiger partial charge in [-0.3, -0.25) is 4.98 Å². The van der Waals surface area contributed by atoms with Crippen molar-refractivity contribution in [1.29, 1.82) is 0 Å². The summed E-state index contributed by atoms with van der Waals surface area (Å²) >= 11 is 0. The molecular weight excluding hydrogens is 192 g/mol. The van der Waals surface area contributed by atoms with Crippen LogP contribution in [0.1, 0.15) is 23.3 Å². The van der Waals surface area contributed by atoms with Crippen molar-refractivity contribution in [2.75, 3.05) is 7.05 Å². The molecule has 2 aromatic heterocycles. The summed E-state index contributed by atoms with van der Waals surface area (Å²) in [5, 5.41) is 6.88. The van der Waals surface area contributed by atoms with Crippen molar-refractivity contribution >= 4 is 0 Å². The Kier molecular flexibility index (Phi) is 2.73. The first-order valence-corrected chi connectivity index (χ1v) is 4.68. The fourth-order valence-electron chi connectivity index (χ4n) is 1.41. The van der Waals surface area contributed by atoms with E-state index in [0.29, 0.717) is 11.7 Å². The Labute approximate surface area is 87.5 Å². The Morgan fingerprint density at radius 1 is 1.47 bits per heavy atom. The Bertz CT molecular complexity index is 426. The standard InChI is InChI=1S/C10H12N4O/c1-7-13-10(15-14-7)9(11-2)8-4-3-5-12-6-8/h3-6,9,11H,1-2H3/t9-/m0/s1. The fourth-order valence-corrected chi connectivity index (χ4v) is 1.41. The molecule has 0 fully saturated rings. The topological polar surface area (TPSA) is 63.8 Å². The number of pyridine rings is 1. The van der Waals surface area contributed by atoms with Gasteiger partial charge in [0, 0.05) is 12.4 Å². The van der Waals surface area contributed by atoms with E-state index >= 15 is 0 Å². The second kappa shape index (κ2) is 4.18. The van der Waals surface area contributed by atoms with Crippen LogP contribution in [0, 0.1) is 6.92 Å². The first-order chi connectivity index (χ1) is 7.31. The second-order valence-corrected chi connectivity index (χ2v) is 3.19. The molecule has 0 saturated heterocycles. The van der Waals surface area contributed by atoms with Crippen molar-refractivity contribution in [1.82, 2.24) is 20.4 Å². The quantitative estimate of drug-likeness (QED) is 0.810. The maximum Gasteiger partial charge on any atom is 0.248 e. The molecule has 2 aromatic rings. The van der Waals surface area contributed by atoms with Gasteiger partial charge in [0.1, 0.15) is 6.04 Å². The van der Waals surface area contributed by atoms with E-state index in [4.69, 9.17) is 4.52 Å². The minimum atomic E-state index is -0.0973. The molecule has 78 valence electrons. The third-order valence-electron chi connectivity index (χ3n) is 2.10. The van der Waals surface area contributed by atoms with Crippen LogP contribution in [-0.2, 0) is 0 Å². The first-order valence-electron chi connectivity index (χ1n) is 4.68. The zero-order chi connectivity index (χ0) is 10.7. The van der Waals surface area contributed by atoms with Gasteiger partial charge in [0.25, 0.3) is 0 Å². The molecule has 0 aliphatic heterocycles. The lowest BCUT2D eigenvalue weighted by atomic mass is 10.1. The predicted octanol–water partition coefficient (Wildman–Crippen LogP) is 1.08. The number of nitrogens with zero attached hydrogens (tertiary/aromatic N) is 3. The van der Waals surface area contributed by atoms with E-state index in [0.717, 1.165) is 5.56 Å². The molecule has 1 atom stereocenters. The number of hydrogen-bond donors (Lipinski definition) is 1. The normalized spacial score (nSPS) is 12.7. The van der Waals surface area contributed by atoms with Gasteiger partial charge < -0.3 is 9.84 Å². The van der Waals surface area contributed by atoms with Crippen LogP contribution in [0.2, 0.25) is 0 Å². The SMILES string of the molecule is CN[C@@H](c1cccnc1)c1nc(C)no1. The van der Waals surface area contributed by atoms with Gasteiger partial charge in [-0.1, -0.05) is 11.2 Å². The molecule has 0 aliphatic carbocycles. The van der Waals surface area contributed by atoms with Gasteiger partial charge in [-0.2, -0.15) is 4.98 Å². The zero-order valence-corrected chi connectivity index (χ0v) is 8.64. The zero-order valence-electron chi connectivity index (χ0n) is 8.64. The summed E-state index contributed by atoms with van der Waals surface area (Å²) in [6.07, 6.45) is 3.51. The highest BCUT2D eigenvalue weighted by atomic mass is 16.5. The van der Waals surface area contributed by atoms with Gasteiger partial charge in [0.2, 0.25) is 5.89 Å². The van der Waals surface area contributed by atoms with E-state index in [2.05, 4.69) is 20.4 Å². The van der Waals surface area contributed by atoms with Crippen LogP contribution in [0.15, 0.2) is 29.0 Å². The van der Waals surface area contributed by atoms with E-state index in [1.54, 1.807) is 19.3 Å². The van der Waals surface area contributed by atoms with Crippen LogP contribution in [0.3, 0.4) is 0 Å². The minimum absolute atomic E-state index is 0.0973. The summed E-state index contributed by atoms with van der Waals surface area (Å²) in [7, 11) is 1.84. The van der Waals surface area contributed by atoms with E-state index in [9.17, 15) is 0 Å². The lowest BCUT2D eigenvalue weighted by molar-refractivity contribution is 0.351. The first kappa shape index (κ1) is 9.79. The molecule has 2 rings (SSSR count). The highest BCUT2D eigenvalue weighted by Gasteiger charge is 2.18. The Balaban J connectivity index is 2.33. The van der Waals surface area contributed by atoms with Gasteiger partial charge in [0.15, 0.2) is 5.82 Å². The van der Waals surface area contributed by atoms with Gasteiger partial charge in [0.05, 0.1) is 0 Å². The molecule has 5 nitrogen and oxygen atoms in total. The van der Waals surface area contributed by atoms with Crippen molar-refractivity contribution in [3.8, 4) is 0 Å². The fraction of sp³-hybridized carbons (Fsp3) is 0.300. The number of rotatable bonds is 3. The minimum Gasteiger partial charge on any atom is -0.337 e. The van der Waals surface area contributed by atoms with Crippen LogP contribution < -0.4 is 5.32 Å². The summed E-state index contributed by atoms with van der Waals surface area (Å²) in [5.74, 6) is 1.19. The predicted molar refractivity (Wildman–Crippen MR) is 54.2 cm³/mol. The van der Waals surface area contributed by atoms with Crippen molar-refractivity contribution in [2.24, 2.45) is 0 Å². The molecule has 15 heavy (non-hydrogen) atoms. The van der Waals surface area contributed by atoms with Crippen LogP contribution >= 0.6 is 0 Å². The van der Waals surface area contributed by atoms with Gasteiger partial charge in [-0.15, -0.1) is 0 Å². The molecule has 0 saturated carbocycles. The molecule has 2 heterocycles. The molecule has 5 heteroatoms. The highest BCUT2D eigenvalue weighted by molar-refractivity contribution is 5.19. The van der Waals surface area contributed by atoms with E-state index < -0.39 is 0 Å². The van der Waals surface area contributed by atoms with E-state index in [-0.39, 0.29) is 6.04 Å². The molecule has 0 radical (unpaired) electrons. The van der Waals surface area contributed by atoms with Gasteiger partial charge in [-0.25, -0.2) is 0 Å². The van der Waals surface area contributed by atoms with Gasteiger partial charge in [-0.05, 0) is 25.6 Å². The van der Waals surface area contributed by atoms with Crippen molar-refractivity contribution < 1.29 is 4.52 Å². The Morgan fingerprint density at radius 3 is 2.87 bits per heavy atom. The second-order valence-electron chi connectivity index (χ2n) is 3.19. The smallest absolute Gasteiger partial charge is 0.248 e. The van der Waals surface area contributed by atoms with Crippen molar-refractivity contribution in [3.05, 3.63) is 41.8 Å². The number of aryl methyl sites for hydroxylation is 1. The lowest BCUT2D eigenvalue weighted by Crippen LogP contribution is -2.18. The van der Waals surface area contributed by atoms with Crippen LogP contribution in [-0.4, -0.2) is 22.2 Å². The molecule has 0 unspecified atom stereocenters. The summed E-state index contributed by atoms with van der Waals surface area (Å²) in [4.78, 5) is 8.25. The Morgan fingerprint density at radius 2 is 2.33 bits per heavy atom. The van der Waals surface area contributed by atoms with Crippen LogP contribution in [0.5, 0.6) is 0 Å². The highest BCUT2D eigenvalue weighted by Crippen LogP contribution is 2.18. The molecule has 0 bridgehead atoms. The molecular formula is C10H12N4O. The largest absolute Gasteiger partial charge is 0.337 e. The number of nitrogens with one attached hydrogen (secondary N) is 1. The number of aromatic nitrogens is 3. The van der Waals surface area contributed by atoms with Crippen molar-refractivity contribution in [3.63, 3.8) is 0 Å². The summed E-state index contributed by atoms with van der Waals surface area (Å²) in [6.45, 7) is 1.79. The summed E-state index contributed by atoms with van der Waals surface area (Å²) in [5.41, 5.74) is 1.00. The summed E-state index contributed by atoms with van der Waals surface area (Å²) < 4.78 is 5.12. The molecule has 0 aromatic carbocycles. The monoisotopic (exact) mass is 204 g/mol. The average Bonchev–Trinajstić information content (AvgIpc) is 2.68. The maximum atomic E-state index is 5.12. The maximum absolute atomic E-state index is 5.12. The van der Waals surface area contributed by atoms with E-state index in [1.165, 1.54) is 0 Å². The molecule has 1 N–H and O–H groups in total. The van der Waals surface area contributed by atoms with E-state index in [1.807, 2.05) is 19.2 Å². The number of hydrogen-bond acceptors (Lipinski definition) is 5. The molecule has 0 amide bonds. The third-order valence-corrected chi connectivity index (χ3v) is 2.10. The van der Waals surface area contributed by atoms with Crippen LogP contribution in [0.25, 0.3) is 0 Å². The average molecular weight is 204 g/mol. The molecule has 0 aliphatic rings. The third kappa shape index (κ3) is 2.02. The Hall–Kier alpha value is -1.75. The van der Waals surface area contributed by atoms with Crippen molar-refractivity contribution in [2.45, 2.75) is 13.0 Å². The lowest BCUT2D eigenvalue weighted by Gasteiger charge is -2.10. The van der Waals surface area contributed by atoms with Gasteiger partial charge >= 0.3 is 0 Å². The summed E-state index contributed by atoms with van der Waals surface area (Å²) in [6, 6.07) is 3.75. The van der Waals surface area contributed by atoms with Crippen LogP contribution in [0.4, 0.5) is 0 Å². The molecule has 0 spiro atoms.